The van der Waals surface area contributed by atoms with Crippen LogP contribution in [0.2, 0.25) is 0 Å². The lowest BCUT2D eigenvalue weighted by atomic mass is 10.2. The Morgan fingerprint density at radius 3 is 2.72 bits per heavy atom. The average Bonchev–Trinajstić information content (AvgIpc) is 2.39. The molecule has 0 amide bonds. The number of carbonyl (C=O) groups excluding carboxylic acids is 1. The quantitative estimate of drug-likeness (QED) is 0.336. The van der Waals surface area contributed by atoms with Gasteiger partial charge in [-0.3, -0.25) is 0 Å². The molecule has 0 radical (unpaired) electrons. The third-order valence-corrected chi connectivity index (χ3v) is 2.05. The van der Waals surface area contributed by atoms with Crippen molar-refractivity contribution in [2.24, 2.45) is 5.16 Å². The Balaban J connectivity index is 2.32. The van der Waals surface area contributed by atoms with E-state index in [0.29, 0.717) is 13.2 Å². The summed E-state index contributed by atoms with van der Waals surface area (Å²) in [4.78, 5) is 16.2. The Morgan fingerprint density at radius 1 is 1.33 bits per heavy atom. The van der Waals surface area contributed by atoms with Crippen LogP contribution in [0.15, 0.2) is 41.6 Å². The minimum absolute atomic E-state index is 0.213. The first-order valence-corrected chi connectivity index (χ1v) is 5.79. The predicted molar refractivity (Wildman–Crippen MR) is 71.2 cm³/mol. The van der Waals surface area contributed by atoms with Crippen molar-refractivity contribution < 1.29 is 14.4 Å². The number of hydrogen-bond donors (Lipinski definition) is 0. The Hall–Kier alpha value is -2.10. The van der Waals surface area contributed by atoms with Gasteiger partial charge in [0.1, 0.15) is 6.61 Å². The number of nitrogens with zero attached hydrogens (tertiary/aromatic N) is 1. The molecule has 1 rings (SSSR count). The summed E-state index contributed by atoms with van der Waals surface area (Å²) >= 11 is 0. The molecule has 0 N–H and O–H groups in total. The molecule has 0 saturated carbocycles. The summed E-state index contributed by atoms with van der Waals surface area (Å²) in [6.45, 7) is 3.94. The maximum Gasteiger partial charge on any atom is 0.355 e. The summed E-state index contributed by atoms with van der Waals surface area (Å²) in [5, 5.41) is 3.66. The van der Waals surface area contributed by atoms with E-state index in [1.54, 1.807) is 13.8 Å². The fourth-order valence-corrected chi connectivity index (χ4v) is 1.20. The van der Waals surface area contributed by atoms with Crippen molar-refractivity contribution in [3.05, 3.63) is 42.0 Å². The van der Waals surface area contributed by atoms with Crippen molar-refractivity contribution in [3.63, 3.8) is 0 Å². The van der Waals surface area contributed by atoms with Gasteiger partial charge in [0.2, 0.25) is 0 Å². The number of esters is 1. The lowest BCUT2D eigenvalue weighted by Gasteiger charge is -2.00. The van der Waals surface area contributed by atoms with E-state index in [0.717, 1.165) is 5.56 Å². The second kappa shape index (κ2) is 8.06. The van der Waals surface area contributed by atoms with Gasteiger partial charge in [0.25, 0.3) is 0 Å². The summed E-state index contributed by atoms with van der Waals surface area (Å²) in [5.74, 6) is -0.454. The molecule has 0 unspecified atom stereocenters. The van der Waals surface area contributed by atoms with Gasteiger partial charge in [0.05, 0.1) is 6.61 Å². The molecular formula is C14H17NO3. The fraction of sp³-hybridized carbons (Fsp3) is 0.286. The van der Waals surface area contributed by atoms with E-state index in [2.05, 4.69) is 5.16 Å². The lowest BCUT2D eigenvalue weighted by molar-refractivity contribution is -0.135. The van der Waals surface area contributed by atoms with Crippen LogP contribution in [0.3, 0.4) is 0 Å². The summed E-state index contributed by atoms with van der Waals surface area (Å²) in [6, 6.07) is 9.86. The zero-order valence-corrected chi connectivity index (χ0v) is 10.6. The van der Waals surface area contributed by atoms with Gasteiger partial charge in [-0.05, 0) is 25.5 Å². The molecule has 0 bridgehead atoms. The SMILES string of the molecule is CCOC(=O)C(C)=NOCC=Cc1ccccc1. The smallest absolute Gasteiger partial charge is 0.355 e. The highest BCUT2D eigenvalue weighted by atomic mass is 16.6. The van der Waals surface area contributed by atoms with E-state index in [9.17, 15) is 4.79 Å². The summed E-state index contributed by atoms with van der Waals surface area (Å²) in [7, 11) is 0. The largest absolute Gasteiger partial charge is 0.461 e. The third-order valence-electron chi connectivity index (χ3n) is 2.05. The number of ether oxygens (including phenoxy) is 1. The van der Waals surface area contributed by atoms with E-state index in [1.165, 1.54) is 0 Å². The second-order valence-electron chi connectivity index (χ2n) is 3.51. The van der Waals surface area contributed by atoms with Crippen LogP contribution in [0.5, 0.6) is 0 Å². The van der Waals surface area contributed by atoms with Crippen molar-refractivity contribution in [2.75, 3.05) is 13.2 Å². The normalized spacial score (nSPS) is 11.6. The van der Waals surface area contributed by atoms with Crippen molar-refractivity contribution in [1.29, 1.82) is 0 Å². The summed E-state index contributed by atoms with van der Waals surface area (Å²) in [5.41, 5.74) is 1.30. The zero-order chi connectivity index (χ0) is 13.2. The minimum Gasteiger partial charge on any atom is -0.461 e. The molecule has 1 aromatic rings. The standard InChI is InChI=1S/C14H17NO3/c1-3-17-14(16)12(2)15-18-11-7-10-13-8-5-4-6-9-13/h4-10H,3,11H2,1-2H3. The average molecular weight is 247 g/mol. The molecule has 0 spiro atoms. The number of rotatable bonds is 6. The molecule has 18 heavy (non-hydrogen) atoms. The molecule has 4 heteroatoms. The molecule has 0 aromatic heterocycles. The highest BCUT2D eigenvalue weighted by molar-refractivity contribution is 6.35. The van der Waals surface area contributed by atoms with Crippen LogP contribution in [0.25, 0.3) is 6.08 Å². The molecule has 96 valence electrons. The van der Waals surface area contributed by atoms with Gasteiger partial charge in [0.15, 0.2) is 5.71 Å². The first kappa shape index (κ1) is 14.0. The minimum atomic E-state index is -0.454. The van der Waals surface area contributed by atoms with Gasteiger partial charge < -0.3 is 9.57 Å². The van der Waals surface area contributed by atoms with Gasteiger partial charge in [-0.2, -0.15) is 0 Å². The van der Waals surface area contributed by atoms with Crippen molar-refractivity contribution in [2.45, 2.75) is 13.8 Å². The van der Waals surface area contributed by atoms with Crippen LogP contribution in [0.1, 0.15) is 19.4 Å². The molecule has 0 heterocycles. The molecule has 4 nitrogen and oxygen atoms in total. The Labute approximate surface area is 107 Å². The Morgan fingerprint density at radius 2 is 2.06 bits per heavy atom. The summed E-state index contributed by atoms with van der Waals surface area (Å²) in [6.07, 6.45) is 3.76. The van der Waals surface area contributed by atoms with Gasteiger partial charge >= 0.3 is 5.97 Å². The van der Waals surface area contributed by atoms with Crippen LogP contribution in [0, 0.1) is 0 Å². The zero-order valence-electron chi connectivity index (χ0n) is 10.6. The van der Waals surface area contributed by atoms with Crippen molar-refractivity contribution >= 4 is 17.8 Å². The van der Waals surface area contributed by atoms with E-state index >= 15 is 0 Å². The molecule has 0 saturated heterocycles. The summed E-state index contributed by atoms with van der Waals surface area (Å²) < 4.78 is 4.76. The van der Waals surface area contributed by atoms with E-state index in [1.807, 2.05) is 42.5 Å². The first-order chi connectivity index (χ1) is 8.74. The molecule has 1 aromatic carbocycles. The fourth-order valence-electron chi connectivity index (χ4n) is 1.20. The lowest BCUT2D eigenvalue weighted by Crippen LogP contribution is -2.14. The van der Waals surface area contributed by atoms with Crippen LogP contribution in [-0.4, -0.2) is 24.9 Å². The molecule has 0 aliphatic carbocycles. The van der Waals surface area contributed by atoms with Crippen molar-refractivity contribution in [3.8, 4) is 0 Å². The Kier molecular flexibility index (Phi) is 6.25. The van der Waals surface area contributed by atoms with Gasteiger partial charge in [-0.15, -0.1) is 0 Å². The number of carbonyl (C=O) groups is 1. The molecule has 0 fully saturated rings. The van der Waals surface area contributed by atoms with E-state index in [-0.39, 0.29) is 5.71 Å². The van der Waals surface area contributed by atoms with Crippen LogP contribution < -0.4 is 0 Å². The number of benzene rings is 1. The molecule has 0 aliphatic rings. The van der Waals surface area contributed by atoms with Gasteiger partial charge in [0, 0.05) is 0 Å². The van der Waals surface area contributed by atoms with Crippen LogP contribution in [-0.2, 0) is 14.4 Å². The number of oxime groups is 1. The monoisotopic (exact) mass is 247 g/mol. The highest BCUT2D eigenvalue weighted by Gasteiger charge is 2.05. The molecular weight excluding hydrogens is 230 g/mol. The van der Waals surface area contributed by atoms with Gasteiger partial charge in [-0.1, -0.05) is 41.6 Å². The van der Waals surface area contributed by atoms with Crippen LogP contribution >= 0.6 is 0 Å². The molecule has 0 aliphatic heterocycles. The first-order valence-electron chi connectivity index (χ1n) is 5.79. The predicted octanol–water partition coefficient (Wildman–Crippen LogP) is 2.66. The van der Waals surface area contributed by atoms with E-state index in [4.69, 9.17) is 9.57 Å². The third kappa shape index (κ3) is 5.30. The molecule has 0 atom stereocenters. The topological polar surface area (TPSA) is 47.9 Å². The maximum atomic E-state index is 11.2. The Bertz CT molecular complexity index is 424. The van der Waals surface area contributed by atoms with Gasteiger partial charge in [-0.25, -0.2) is 4.79 Å². The number of hydrogen-bond acceptors (Lipinski definition) is 4. The van der Waals surface area contributed by atoms with E-state index < -0.39 is 5.97 Å². The van der Waals surface area contributed by atoms with Crippen molar-refractivity contribution in [1.82, 2.24) is 0 Å². The van der Waals surface area contributed by atoms with Crippen LogP contribution in [0.4, 0.5) is 0 Å². The second-order valence-corrected chi connectivity index (χ2v) is 3.51. The maximum absolute atomic E-state index is 11.2. The highest BCUT2D eigenvalue weighted by Crippen LogP contribution is 2.00.